The quantitative estimate of drug-likeness (QED) is 0.340. The maximum absolute atomic E-state index is 13.5. The number of hydrogen-bond acceptors (Lipinski definition) is 3. The molecular weight excluding hydrogens is 470 g/mol. The van der Waals surface area contributed by atoms with E-state index in [4.69, 9.17) is 4.42 Å². The first-order valence-corrected chi connectivity index (χ1v) is 9.35. The maximum atomic E-state index is 13.5. The Morgan fingerprint density at radius 2 is 1.89 bits per heavy atom. The molecule has 2 N–H and O–H groups in total. The molecule has 2 aromatic rings. The van der Waals surface area contributed by atoms with E-state index in [2.05, 4.69) is 55.2 Å². The summed E-state index contributed by atoms with van der Waals surface area (Å²) < 4.78 is 19.3. The first-order valence-electron chi connectivity index (χ1n) is 9.35. The molecule has 0 amide bonds. The van der Waals surface area contributed by atoms with Crippen LogP contribution in [0.4, 0.5) is 4.39 Å². The van der Waals surface area contributed by atoms with Crippen molar-refractivity contribution < 1.29 is 8.81 Å². The lowest BCUT2D eigenvalue weighted by Gasteiger charge is -2.26. The average Bonchev–Trinajstić information content (AvgIpc) is 3.07. The summed E-state index contributed by atoms with van der Waals surface area (Å²) in [5.41, 5.74) is 0.612. The van der Waals surface area contributed by atoms with Crippen molar-refractivity contribution in [1.82, 2.24) is 15.6 Å². The molecule has 156 valence electrons. The van der Waals surface area contributed by atoms with Gasteiger partial charge < -0.3 is 15.1 Å². The molecule has 1 aromatic heterocycles. The van der Waals surface area contributed by atoms with Crippen molar-refractivity contribution in [3.63, 3.8) is 0 Å². The lowest BCUT2D eigenvalue weighted by molar-refractivity contribution is 0.383. The van der Waals surface area contributed by atoms with Crippen LogP contribution in [0.2, 0.25) is 0 Å². The van der Waals surface area contributed by atoms with Gasteiger partial charge in [-0.25, -0.2) is 14.4 Å². The van der Waals surface area contributed by atoms with Crippen LogP contribution >= 0.6 is 24.0 Å². The Balaban J connectivity index is 0.00000392. The highest BCUT2D eigenvalue weighted by Gasteiger charge is 2.22. The minimum Gasteiger partial charge on any atom is -0.443 e. The first kappa shape index (κ1) is 24.4. The van der Waals surface area contributed by atoms with Crippen LogP contribution in [-0.4, -0.2) is 24.0 Å². The molecule has 0 spiro atoms. The van der Waals surface area contributed by atoms with Gasteiger partial charge in [0.2, 0.25) is 5.89 Å². The molecule has 0 aliphatic carbocycles. The van der Waals surface area contributed by atoms with E-state index in [0.717, 1.165) is 17.9 Å². The normalized spacial score (nSPS) is 12.5. The zero-order valence-electron chi connectivity index (χ0n) is 17.6. The van der Waals surface area contributed by atoms with Crippen LogP contribution in [0.1, 0.15) is 58.8 Å². The summed E-state index contributed by atoms with van der Waals surface area (Å²) in [6, 6.07) is 6.71. The Kier molecular flexibility index (Phi) is 8.91. The van der Waals surface area contributed by atoms with Gasteiger partial charge in [0.25, 0.3) is 0 Å². The number of aliphatic imine (C=N–C) groups is 1. The SMILES string of the molecule is CCNC(=NCc1ncc(C(C)(C)C)o1)NCC(C)(C)c1cccc(F)c1.I. The second-order valence-electron chi connectivity index (χ2n) is 8.31. The van der Waals surface area contributed by atoms with E-state index in [0.29, 0.717) is 24.9 Å². The predicted octanol–water partition coefficient (Wildman–Crippen LogP) is 4.76. The maximum Gasteiger partial charge on any atom is 0.216 e. The molecule has 0 unspecified atom stereocenters. The van der Waals surface area contributed by atoms with Crippen LogP contribution in [0.3, 0.4) is 0 Å². The molecule has 0 radical (unpaired) electrons. The van der Waals surface area contributed by atoms with Crippen molar-refractivity contribution in [1.29, 1.82) is 0 Å². The van der Waals surface area contributed by atoms with E-state index in [1.54, 1.807) is 18.3 Å². The average molecular weight is 502 g/mol. The van der Waals surface area contributed by atoms with Crippen LogP contribution in [0.25, 0.3) is 0 Å². The third kappa shape index (κ3) is 7.07. The molecular formula is C21H32FIN4O. The van der Waals surface area contributed by atoms with Crippen molar-refractivity contribution in [3.8, 4) is 0 Å². The van der Waals surface area contributed by atoms with Crippen molar-refractivity contribution in [3.05, 3.63) is 53.5 Å². The Bertz CT molecular complexity index is 781. The molecule has 1 aromatic carbocycles. The minimum atomic E-state index is -0.249. The molecule has 5 nitrogen and oxygen atoms in total. The van der Waals surface area contributed by atoms with Gasteiger partial charge in [0.15, 0.2) is 5.96 Å². The van der Waals surface area contributed by atoms with E-state index in [1.807, 2.05) is 13.0 Å². The Labute approximate surface area is 184 Å². The number of nitrogens with one attached hydrogen (secondary N) is 2. The number of nitrogens with zero attached hydrogens (tertiary/aromatic N) is 2. The van der Waals surface area contributed by atoms with Gasteiger partial charge in [0.1, 0.15) is 18.1 Å². The fourth-order valence-corrected chi connectivity index (χ4v) is 2.53. The van der Waals surface area contributed by atoms with Crippen molar-refractivity contribution >= 4 is 29.9 Å². The molecule has 0 atom stereocenters. The first-order chi connectivity index (χ1) is 12.6. The fourth-order valence-electron chi connectivity index (χ4n) is 2.53. The van der Waals surface area contributed by atoms with Crippen molar-refractivity contribution in [2.75, 3.05) is 13.1 Å². The van der Waals surface area contributed by atoms with Crippen molar-refractivity contribution in [2.45, 2.75) is 58.9 Å². The molecule has 1 heterocycles. The molecule has 0 aliphatic rings. The number of oxazole rings is 1. The van der Waals surface area contributed by atoms with E-state index in [-0.39, 0.29) is 40.6 Å². The summed E-state index contributed by atoms with van der Waals surface area (Å²) in [6.45, 7) is 14.1. The van der Waals surface area contributed by atoms with Gasteiger partial charge in [0, 0.05) is 23.9 Å². The monoisotopic (exact) mass is 502 g/mol. The van der Waals surface area contributed by atoms with Gasteiger partial charge >= 0.3 is 0 Å². The summed E-state index contributed by atoms with van der Waals surface area (Å²) in [4.78, 5) is 8.87. The van der Waals surface area contributed by atoms with Gasteiger partial charge in [-0.05, 0) is 24.6 Å². The summed E-state index contributed by atoms with van der Waals surface area (Å²) in [7, 11) is 0. The van der Waals surface area contributed by atoms with E-state index < -0.39 is 0 Å². The van der Waals surface area contributed by atoms with Crippen molar-refractivity contribution in [2.24, 2.45) is 4.99 Å². The zero-order valence-corrected chi connectivity index (χ0v) is 19.9. The molecule has 0 saturated heterocycles. The second-order valence-corrected chi connectivity index (χ2v) is 8.31. The fraction of sp³-hybridized carbons (Fsp3) is 0.524. The zero-order chi connectivity index (χ0) is 20.1. The summed E-state index contributed by atoms with van der Waals surface area (Å²) >= 11 is 0. The Morgan fingerprint density at radius 3 is 2.46 bits per heavy atom. The summed E-state index contributed by atoms with van der Waals surface area (Å²) in [5, 5.41) is 6.55. The van der Waals surface area contributed by atoms with E-state index >= 15 is 0 Å². The number of benzene rings is 1. The number of guanidine groups is 1. The highest BCUT2D eigenvalue weighted by molar-refractivity contribution is 14.0. The lowest BCUT2D eigenvalue weighted by atomic mass is 9.84. The largest absolute Gasteiger partial charge is 0.443 e. The smallest absolute Gasteiger partial charge is 0.216 e. The van der Waals surface area contributed by atoms with Gasteiger partial charge in [-0.2, -0.15) is 0 Å². The predicted molar refractivity (Wildman–Crippen MR) is 123 cm³/mol. The summed E-state index contributed by atoms with van der Waals surface area (Å²) in [6.07, 6.45) is 1.76. The molecule has 0 bridgehead atoms. The molecule has 0 fully saturated rings. The standard InChI is InChI=1S/C21H31FN4O.HI/c1-7-23-19(25-13-18-24-12-17(27-18)20(2,3)4)26-14-21(5,6)15-9-8-10-16(22)11-15;/h8-12H,7,13-14H2,1-6H3,(H2,23,25,26);1H. The van der Waals surface area contributed by atoms with E-state index in [1.165, 1.54) is 6.07 Å². The number of halogens is 2. The Morgan fingerprint density at radius 1 is 1.18 bits per heavy atom. The van der Waals surface area contributed by atoms with Crippen LogP contribution in [0, 0.1) is 5.82 Å². The topological polar surface area (TPSA) is 62.5 Å². The minimum absolute atomic E-state index is 0. The number of rotatable bonds is 6. The highest BCUT2D eigenvalue weighted by atomic mass is 127. The molecule has 0 saturated carbocycles. The van der Waals surface area contributed by atoms with Gasteiger partial charge in [-0.3, -0.25) is 0 Å². The Hall–Kier alpha value is -1.64. The van der Waals surface area contributed by atoms with Crippen LogP contribution in [0.5, 0.6) is 0 Å². The van der Waals surface area contributed by atoms with Crippen LogP contribution in [-0.2, 0) is 17.4 Å². The third-order valence-corrected chi connectivity index (χ3v) is 4.31. The molecule has 7 heteroatoms. The third-order valence-electron chi connectivity index (χ3n) is 4.31. The van der Waals surface area contributed by atoms with Gasteiger partial charge in [-0.15, -0.1) is 24.0 Å². The van der Waals surface area contributed by atoms with Crippen LogP contribution < -0.4 is 10.6 Å². The molecule has 0 aliphatic heterocycles. The molecule has 28 heavy (non-hydrogen) atoms. The summed E-state index contributed by atoms with van der Waals surface area (Å²) in [5.74, 6) is 1.89. The highest BCUT2D eigenvalue weighted by Crippen LogP contribution is 2.23. The lowest BCUT2D eigenvalue weighted by Crippen LogP contribution is -2.43. The van der Waals surface area contributed by atoms with Gasteiger partial charge in [0.05, 0.1) is 6.20 Å². The second kappa shape index (κ2) is 10.2. The van der Waals surface area contributed by atoms with Gasteiger partial charge in [-0.1, -0.05) is 46.8 Å². The number of hydrogen-bond donors (Lipinski definition) is 2. The molecule has 2 rings (SSSR count). The van der Waals surface area contributed by atoms with Crippen LogP contribution in [0.15, 0.2) is 39.9 Å². The van der Waals surface area contributed by atoms with E-state index in [9.17, 15) is 4.39 Å². The number of aromatic nitrogens is 1.